The standard InChI is InChI=1S/C17H16N2O4/c1-10-4-6-13(7-5-10)17(20)21-9-15-18-19-16(23-15)14-8-11(2)22-12(14)3/h4-8H,9H2,1-3H3. The first-order valence-corrected chi connectivity index (χ1v) is 7.16. The first kappa shape index (κ1) is 15.0. The summed E-state index contributed by atoms with van der Waals surface area (Å²) in [5.74, 6) is 1.62. The van der Waals surface area contributed by atoms with E-state index in [1.807, 2.05) is 39.0 Å². The van der Waals surface area contributed by atoms with Crippen LogP contribution in [0.5, 0.6) is 0 Å². The molecule has 0 N–H and O–H groups in total. The predicted molar refractivity (Wildman–Crippen MR) is 81.8 cm³/mol. The van der Waals surface area contributed by atoms with E-state index < -0.39 is 5.97 Å². The maximum Gasteiger partial charge on any atom is 0.338 e. The molecule has 3 rings (SSSR count). The van der Waals surface area contributed by atoms with E-state index in [0.29, 0.717) is 17.2 Å². The minimum atomic E-state index is -0.430. The van der Waals surface area contributed by atoms with Crippen molar-refractivity contribution in [2.45, 2.75) is 27.4 Å². The number of rotatable bonds is 4. The Balaban J connectivity index is 1.66. The Kier molecular flexibility index (Phi) is 3.97. The van der Waals surface area contributed by atoms with Crippen LogP contribution in [0.1, 0.15) is 33.3 Å². The van der Waals surface area contributed by atoms with Crippen molar-refractivity contribution in [3.8, 4) is 11.5 Å². The SMILES string of the molecule is Cc1ccc(C(=O)OCc2nnc(-c3cc(C)oc3C)o2)cc1. The molecule has 6 heteroatoms. The lowest BCUT2D eigenvalue weighted by Crippen LogP contribution is -2.05. The van der Waals surface area contributed by atoms with Crippen molar-refractivity contribution in [3.63, 3.8) is 0 Å². The molecule has 1 aromatic carbocycles. The smallest absolute Gasteiger partial charge is 0.338 e. The van der Waals surface area contributed by atoms with Crippen LogP contribution < -0.4 is 0 Å². The van der Waals surface area contributed by atoms with Gasteiger partial charge in [-0.25, -0.2) is 4.79 Å². The predicted octanol–water partition coefficient (Wildman–Crippen LogP) is 3.61. The van der Waals surface area contributed by atoms with Crippen LogP contribution in [0.2, 0.25) is 0 Å². The lowest BCUT2D eigenvalue weighted by atomic mass is 10.1. The average molecular weight is 312 g/mol. The zero-order valence-corrected chi connectivity index (χ0v) is 13.1. The molecule has 0 radical (unpaired) electrons. The second-order valence-corrected chi connectivity index (χ2v) is 5.27. The van der Waals surface area contributed by atoms with Crippen LogP contribution in [0.3, 0.4) is 0 Å². The van der Waals surface area contributed by atoms with Crippen LogP contribution >= 0.6 is 0 Å². The van der Waals surface area contributed by atoms with Crippen molar-refractivity contribution < 1.29 is 18.4 Å². The molecular formula is C17H16N2O4. The molecule has 0 bridgehead atoms. The summed E-state index contributed by atoms with van der Waals surface area (Å²) in [7, 11) is 0. The highest BCUT2D eigenvalue weighted by molar-refractivity contribution is 5.89. The van der Waals surface area contributed by atoms with Gasteiger partial charge >= 0.3 is 5.97 Å². The second kappa shape index (κ2) is 6.08. The maximum absolute atomic E-state index is 11.9. The zero-order chi connectivity index (χ0) is 16.4. The Morgan fingerprint density at radius 3 is 2.48 bits per heavy atom. The second-order valence-electron chi connectivity index (χ2n) is 5.27. The molecule has 0 fully saturated rings. The number of furan rings is 1. The molecule has 3 aromatic rings. The summed E-state index contributed by atoms with van der Waals surface area (Å²) in [6, 6.07) is 8.96. The maximum atomic E-state index is 11.9. The quantitative estimate of drug-likeness (QED) is 0.685. The van der Waals surface area contributed by atoms with E-state index in [2.05, 4.69) is 10.2 Å². The van der Waals surface area contributed by atoms with E-state index in [1.54, 1.807) is 12.1 Å². The van der Waals surface area contributed by atoms with Crippen molar-refractivity contribution in [1.82, 2.24) is 10.2 Å². The van der Waals surface area contributed by atoms with E-state index in [1.165, 1.54) is 0 Å². The van der Waals surface area contributed by atoms with Gasteiger partial charge in [0.2, 0.25) is 0 Å². The Morgan fingerprint density at radius 2 is 1.83 bits per heavy atom. The van der Waals surface area contributed by atoms with Gasteiger partial charge in [0.05, 0.1) is 11.1 Å². The van der Waals surface area contributed by atoms with Crippen LogP contribution in [-0.4, -0.2) is 16.2 Å². The Bertz CT molecular complexity index is 831. The highest BCUT2D eigenvalue weighted by Gasteiger charge is 2.16. The van der Waals surface area contributed by atoms with Gasteiger partial charge < -0.3 is 13.6 Å². The van der Waals surface area contributed by atoms with Gasteiger partial charge in [0.1, 0.15) is 11.5 Å². The molecule has 0 atom stereocenters. The molecule has 23 heavy (non-hydrogen) atoms. The fraction of sp³-hybridized carbons (Fsp3) is 0.235. The number of carbonyl (C=O) groups is 1. The first-order chi connectivity index (χ1) is 11.0. The van der Waals surface area contributed by atoms with Gasteiger partial charge in [0.25, 0.3) is 11.8 Å². The topological polar surface area (TPSA) is 78.4 Å². The van der Waals surface area contributed by atoms with E-state index in [0.717, 1.165) is 16.9 Å². The largest absolute Gasteiger partial charge is 0.466 e. The number of carbonyl (C=O) groups excluding carboxylic acids is 1. The molecule has 0 aliphatic carbocycles. The highest BCUT2D eigenvalue weighted by atomic mass is 16.5. The number of aromatic nitrogens is 2. The summed E-state index contributed by atoms with van der Waals surface area (Å²) in [4.78, 5) is 11.9. The summed E-state index contributed by atoms with van der Waals surface area (Å²) in [5.41, 5.74) is 2.30. The third kappa shape index (κ3) is 3.31. The minimum absolute atomic E-state index is 0.0738. The van der Waals surface area contributed by atoms with Crippen LogP contribution in [0.4, 0.5) is 0 Å². The summed E-state index contributed by atoms with van der Waals surface area (Å²) < 4.78 is 16.1. The van der Waals surface area contributed by atoms with Gasteiger partial charge in [-0.15, -0.1) is 10.2 Å². The normalized spacial score (nSPS) is 10.7. The third-order valence-electron chi connectivity index (χ3n) is 3.35. The fourth-order valence-corrected chi connectivity index (χ4v) is 2.16. The molecule has 2 aromatic heterocycles. The highest BCUT2D eigenvalue weighted by Crippen LogP contribution is 2.25. The van der Waals surface area contributed by atoms with Crippen LogP contribution in [0.15, 0.2) is 39.2 Å². The van der Waals surface area contributed by atoms with Gasteiger partial charge in [-0.1, -0.05) is 17.7 Å². The van der Waals surface area contributed by atoms with Gasteiger partial charge in [0.15, 0.2) is 6.61 Å². The van der Waals surface area contributed by atoms with Crippen LogP contribution in [-0.2, 0) is 11.3 Å². The van der Waals surface area contributed by atoms with Crippen molar-refractivity contribution >= 4 is 5.97 Å². The molecule has 0 saturated heterocycles. The van der Waals surface area contributed by atoms with Crippen molar-refractivity contribution in [3.05, 3.63) is 58.9 Å². The van der Waals surface area contributed by atoms with Crippen LogP contribution in [0.25, 0.3) is 11.5 Å². The molecule has 118 valence electrons. The molecule has 0 spiro atoms. The Morgan fingerprint density at radius 1 is 1.09 bits per heavy atom. The Labute approximate surface area is 133 Å². The third-order valence-corrected chi connectivity index (χ3v) is 3.35. The van der Waals surface area contributed by atoms with E-state index in [9.17, 15) is 4.79 Å². The molecule has 0 amide bonds. The van der Waals surface area contributed by atoms with Gasteiger partial charge in [-0.3, -0.25) is 0 Å². The number of hydrogen-bond donors (Lipinski definition) is 0. The molecular weight excluding hydrogens is 296 g/mol. The summed E-state index contributed by atoms with van der Waals surface area (Å²) in [6.45, 7) is 5.55. The van der Waals surface area contributed by atoms with Gasteiger partial charge in [0, 0.05) is 0 Å². The monoisotopic (exact) mass is 312 g/mol. The van der Waals surface area contributed by atoms with Gasteiger partial charge in [-0.2, -0.15) is 0 Å². The van der Waals surface area contributed by atoms with E-state index in [-0.39, 0.29) is 12.5 Å². The molecule has 0 aliphatic rings. The molecule has 0 saturated carbocycles. The summed E-state index contributed by atoms with van der Waals surface area (Å²) in [6.07, 6.45) is 0. The molecule has 2 heterocycles. The van der Waals surface area contributed by atoms with E-state index in [4.69, 9.17) is 13.6 Å². The van der Waals surface area contributed by atoms with Gasteiger partial charge in [-0.05, 0) is 39.0 Å². The minimum Gasteiger partial charge on any atom is -0.466 e. The van der Waals surface area contributed by atoms with Crippen molar-refractivity contribution in [2.75, 3.05) is 0 Å². The number of benzene rings is 1. The van der Waals surface area contributed by atoms with Crippen molar-refractivity contribution in [1.29, 1.82) is 0 Å². The fourth-order valence-electron chi connectivity index (χ4n) is 2.16. The summed E-state index contributed by atoms with van der Waals surface area (Å²) in [5, 5.41) is 7.84. The number of nitrogens with zero attached hydrogens (tertiary/aromatic N) is 2. The number of ether oxygens (including phenoxy) is 1. The number of hydrogen-bond acceptors (Lipinski definition) is 6. The number of esters is 1. The molecule has 0 unspecified atom stereocenters. The average Bonchev–Trinajstić information content (AvgIpc) is 3.11. The molecule has 6 nitrogen and oxygen atoms in total. The zero-order valence-electron chi connectivity index (χ0n) is 13.1. The summed E-state index contributed by atoms with van der Waals surface area (Å²) >= 11 is 0. The number of aryl methyl sites for hydroxylation is 3. The lowest BCUT2D eigenvalue weighted by molar-refractivity contribution is 0.0438. The van der Waals surface area contributed by atoms with E-state index >= 15 is 0 Å². The first-order valence-electron chi connectivity index (χ1n) is 7.16. The van der Waals surface area contributed by atoms with Crippen molar-refractivity contribution in [2.24, 2.45) is 0 Å². The lowest BCUT2D eigenvalue weighted by Gasteiger charge is -2.02. The van der Waals surface area contributed by atoms with Crippen LogP contribution in [0, 0.1) is 20.8 Å². The molecule has 0 aliphatic heterocycles. The Hall–Kier alpha value is -2.89.